The number of methoxy groups -OCH3 is 1. The van der Waals surface area contributed by atoms with Gasteiger partial charge in [-0.2, -0.15) is 0 Å². The molecule has 0 saturated heterocycles. The molecule has 3 nitrogen and oxygen atoms in total. The molecular formula is C14H16O3. The molecule has 1 saturated carbocycles. The molecule has 0 N–H and O–H groups in total. The molecule has 0 atom stereocenters. The van der Waals surface area contributed by atoms with Crippen LogP contribution in [0.5, 0.6) is 5.75 Å². The lowest BCUT2D eigenvalue weighted by Gasteiger charge is -2.00. The smallest absolute Gasteiger partial charge is 0.330 e. The molecule has 0 amide bonds. The van der Waals surface area contributed by atoms with Gasteiger partial charge in [0.2, 0.25) is 0 Å². The number of carbonyl (C=O) groups is 1. The van der Waals surface area contributed by atoms with Gasteiger partial charge in [-0.25, -0.2) is 4.79 Å². The van der Waals surface area contributed by atoms with E-state index >= 15 is 0 Å². The third-order valence-electron chi connectivity index (χ3n) is 2.69. The monoisotopic (exact) mass is 232 g/mol. The molecule has 0 spiro atoms. The Morgan fingerprint density at radius 3 is 2.65 bits per heavy atom. The first-order valence-corrected chi connectivity index (χ1v) is 5.77. The van der Waals surface area contributed by atoms with E-state index in [0.29, 0.717) is 12.5 Å². The number of benzene rings is 1. The molecule has 90 valence electrons. The molecule has 2 rings (SSSR count). The van der Waals surface area contributed by atoms with Gasteiger partial charge in [0.1, 0.15) is 5.75 Å². The zero-order valence-corrected chi connectivity index (χ0v) is 9.89. The fourth-order valence-corrected chi connectivity index (χ4v) is 1.41. The SMILES string of the molecule is COc1ccc(/C=C/C(=O)OCC2CC2)cc1. The van der Waals surface area contributed by atoms with Gasteiger partial charge in [0.15, 0.2) is 0 Å². The standard InChI is InChI=1S/C14H16O3/c1-16-13-7-4-11(5-8-13)6-9-14(15)17-10-12-2-3-12/h4-9,12H,2-3,10H2,1H3/b9-6+. The van der Waals surface area contributed by atoms with E-state index in [1.165, 1.54) is 18.9 Å². The highest BCUT2D eigenvalue weighted by atomic mass is 16.5. The van der Waals surface area contributed by atoms with E-state index in [-0.39, 0.29) is 5.97 Å². The zero-order valence-electron chi connectivity index (χ0n) is 9.89. The number of ether oxygens (including phenoxy) is 2. The predicted molar refractivity (Wildman–Crippen MR) is 65.7 cm³/mol. The van der Waals surface area contributed by atoms with Crippen molar-refractivity contribution in [2.24, 2.45) is 5.92 Å². The minimum absolute atomic E-state index is 0.271. The summed E-state index contributed by atoms with van der Waals surface area (Å²) in [5, 5.41) is 0. The second kappa shape index (κ2) is 5.53. The normalized spacial score (nSPS) is 14.9. The summed E-state index contributed by atoms with van der Waals surface area (Å²) >= 11 is 0. The van der Waals surface area contributed by atoms with Crippen LogP contribution in [0.4, 0.5) is 0 Å². The first kappa shape index (κ1) is 11.7. The summed E-state index contributed by atoms with van der Waals surface area (Å²) in [6, 6.07) is 7.50. The highest BCUT2D eigenvalue weighted by molar-refractivity contribution is 5.87. The van der Waals surface area contributed by atoms with Gasteiger partial charge in [-0.15, -0.1) is 0 Å². The number of esters is 1. The lowest BCUT2D eigenvalue weighted by molar-refractivity contribution is -0.138. The molecule has 0 aliphatic heterocycles. The Hall–Kier alpha value is -1.77. The molecule has 1 aromatic rings. The highest BCUT2D eigenvalue weighted by Crippen LogP contribution is 2.28. The molecule has 1 aromatic carbocycles. The molecule has 0 bridgehead atoms. The van der Waals surface area contributed by atoms with Crippen LogP contribution in [0.3, 0.4) is 0 Å². The Kier molecular flexibility index (Phi) is 3.81. The summed E-state index contributed by atoms with van der Waals surface area (Å²) in [4.78, 5) is 11.3. The average Bonchev–Trinajstić information content (AvgIpc) is 3.18. The van der Waals surface area contributed by atoms with Crippen LogP contribution in [0, 0.1) is 5.92 Å². The number of hydrogen-bond acceptors (Lipinski definition) is 3. The third-order valence-corrected chi connectivity index (χ3v) is 2.69. The second-order valence-corrected chi connectivity index (χ2v) is 4.18. The molecular weight excluding hydrogens is 216 g/mol. The van der Waals surface area contributed by atoms with Crippen molar-refractivity contribution in [1.29, 1.82) is 0 Å². The van der Waals surface area contributed by atoms with Gasteiger partial charge in [0.25, 0.3) is 0 Å². The maximum absolute atomic E-state index is 11.3. The molecule has 1 aliphatic rings. The van der Waals surface area contributed by atoms with Crippen molar-refractivity contribution in [1.82, 2.24) is 0 Å². The van der Waals surface area contributed by atoms with E-state index in [4.69, 9.17) is 9.47 Å². The van der Waals surface area contributed by atoms with Crippen molar-refractivity contribution in [3.63, 3.8) is 0 Å². The minimum Gasteiger partial charge on any atom is -0.497 e. The summed E-state index contributed by atoms with van der Waals surface area (Å²) in [6.07, 6.45) is 5.59. The van der Waals surface area contributed by atoms with Crippen LogP contribution in [0.1, 0.15) is 18.4 Å². The largest absolute Gasteiger partial charge is 0.497 e. The second-order valence-electron chi connectivity index (χ2n) is 4.18. The summed E-state index contributed by atoms with van der Waals surface area (Å²) in [7, 11) is 1.63. The number of hydrogen-bond donors (Lipinski definition) is 0. The first-order valence-electron chi connectivity index (χ1n) is 5.77. The van der Waals surface area contributed by atoms with Crippen molar-refractivity contribution < 1.29 is 14.3 Å². The van der Waals surface area contributed by atoms with Gasteiger partial charge < -0.3 is 9.47 Å². The Morgan fingerprint density at radius 2 is 2.06 bits per heavy atom. The van der Waals surface area contributed by atoms with Crippen molar-refractivity contribution in [2.75, 3.05) is 13.7 Å². The Balaban J connectivity index is 1.82. The van der Waals surface area contributed by atoms with Crippen LogP contribution in [0.25, 0.3) is 6.08 Å². The molecule has 1 fully saturated rings. The van der Waals surface area contributed by atoms with E-state index in [9.17, 15) is 4.79 Å². The van der Waals surface area contributed by atoms with Gasteiger partial charge in [-0.1, -0.05) is 12.1 Å². The molecule has 0 heterocycles. The van der Waals surface area contributed by atoms with Crippen molar-refractivity contribution in [2.45, 2.75) is 12.8 Å². The lowest BCUT2D eigenvalue weighted by Crippen LogP contribution is -2.03. The molecule has 1 aliphatic carbocycles. The van der Waals surface area contributed by atoms with E-state index in [2.05, 4.69) is 0 Å². The van der Waals surface area contributed by atoms with E-state index in [0.717, 1.165) is 11.3 Å². The van der Waals surface area contributed by atoms with E-state index < -0.39 is 0 Å². The summed E-state index contributed by atoms with van der Waals surface area (Å²) in [5.74, 6) is 1.14. The Labute approximate surface area is 101 Å². The summed E-state index contributed by atoms with van der Waals surface area (Å²) in [6.45, 7) is 0.561. The van der Waals surface area contributed by atoms with Gasteiger partial charge in [-0.3, -0.25) is 0 Å². The lowest BCUT2D eigenvalue weighted by atomic mass is 10.2. The highest BCUT2D eigenvalue weighted by Gasteiger charge is 2.22. The zero-order chi connectivity index (χ0) is 12.1. The van der Waals surface area contributed by atoms with E-state index in [1.807, 2.05) is 24.3 Å². The topological polar surface area (TPSA) is 35.5 Å². The van der Waals surface area contributed by atoms with Crippen LogP contribution in [0.2, 0.25) is 0 Å². The van der Waals surface area contributed by atoms with E-state index in [1.54, 1.807) is 13.2 Å². The van der Waals surface area contributed by atoms with Crippen LogP contribution in [-0.4, -0.2) is 19.7 Å². The number of carbonyl (C=O) groups excluding carboxylic acids is 1. The average molecular weight is 232 g/mol. The quantitative estimate of drug-likeness (QED) is 0.578. The van der Waals surface area contributed by atoms with Crippen molar-refractivity contribution in [3.05, 3.63) is 35.9 Å². The van der Waals surface area contributed by atoms with Crippen LogP contribution in [-0.2, 0) is 9.53 Å². The van der Waals surface area contributed by atoms with Crippen molar-refractivity contribution in [3.8, 4) is 5.75 Å². The van der Waals surface area contributed by atoms with Crippen molar-refractivity contribution >= 4 is 12.0 Å². The first-order chi connectivity index (χ1) is 8.28. The fourth-order valence-electron chi connectivity index (χ4n) is 1.41. The molecule has 0 radical (unpaired) electrons. The fraction of sp³-hybridized carbons (Fsp3) is 0.357. The van der Waals surface area contributed by atoms with Gasteiger partial charge in [0, 0.05) is 6.08 Å². The van der Waals surface area contributed by atoms with Gasteiger partial charge in [-0.05, 0) is 42.5 Å². The van der Waals surface area contributed by atoms with Crippen LogP contribution >= 0.6 is 0 Å². The summed E-state index contributed by atoms with van der Waals surface area (Å²) < 4.78 is 10.1. The predicted octanol–water partition coefficient (Wildman–Crippen LogP) is 2.66. The Morgan fingerprint density at radius 1 is 1.35 bits per heavy atom. The summed E-state index contributed by atoms with van der Waals surface area (Å²) in [5.41, 5.74) is 0.953. The van der Waals surface area contributed by atoms with Gasteiger partial charge in [0.05, 0.1) is 13.7 Å². The molecule has 0 unspecified atom stereocenters. The molecule has 3 heteroatoms. The maximum atomic E-state index is 11.3. The minimum atomic E-state index is -0.271. The molecule has 0 aromatic heterocycles. The van der Waals surface area contributed by atoms with Crippen LogP contribution < -0.4 is 4.74 Å². The Bertz CT molecular complexity index is 402. The van der Waals surface area contributed by atoms with Crippen LogP contribution in [0.15, 0.2) is 30.3 Å². The van der Waals surface area contributed by atoms with Gasteiger partial charge >= 0.3 is 5.97 Å². The third kappa shape index (κ3) is 3.94. The molecule has 17 heavy (non-hydrogen) atoms. The maximum Gasteiger partial charge on any atom is 0.330 e. The number of rotatable bonds is 5.